The van der Waals surface area contributed by atoms with E-state index in [-0.39, 0.29) is 5.75 Å². The molecule has 276 valence electrons. The van der Waals surface area contributed by atoms with Crippen molar-refractivity contribution in [2.24, 2.45) is 0 Å². The van der Waals surface area contributed by atoms with Gasteiger partial charge in [0.2, 0.25) is 0 Å². The third-order valence-electron chi connectivity index (χ3n) is 10.7. The number of fused-ring (bicyclic) bond motifs is 1. The van der Waals surface area contributed by atoms with Crippen molar-refractivity contribution in [2.45, 2.75) is 33.6 Å². The van der Waals surface area contributed by atoms with Crippen LogP contribution >= 0.6 is 0 Å². The van der Waals surface area contributed by atoms with Gasteiger partial charge in [-0.05, 0) is 130 Å². The number of nitrogens with zero attached hydrogens (tertiary/aromatic N) is 3. The number of phenolic OH excluding ortho intramolecular Hbond substituents is 1. The van der Waals surface area contributed by atoms with Crippen molar-refractivity contribution in [1.29, 1.82) is 0 Å². The molecule has 0 unspecified atom stereocenters. The van der Waals surface area contributed by atoms with Gasteiger partial charge < -0.3 is 5.11 Å². The van der Waals surface area contributed by atoms with Crippen LogP contribution in [0.15, 0.2) is 176 Å². The Kier molecular flexibility index (Phi) is 9.00. The molecule has 0 saturated heterocycles. The molecule has 4 heteroatoms. The molecular formula is C53H43N3O. The average Bonchev–Trinajstić information content (AvgIpc) is 3.65. The number of phenols is 1. The molecule has 0 aliphatic rings. The van der Waals surface area contributed by atoms with Crippen molar-refractivity contribution < 1.29 is 6.48 Å². The van der Waals surface area contributed by atoms with E-state index in [0.717, 1.165) is 89.2 Å². The molecule has 0 amide bonds. The lowest BCUT2D eigenvalue weighted by atomic mass is 9.93. The molecule has 2 aromatic heterocycles. The SMILES string of the molecule is [2H]C(C)(C)c1cc(-c2ccccc2)cc(-n2c(-c3cc(C)cc(C)c3O)nc3c(-c4cc(-c5ccccc5)cc(-c5cc(-c6ccccc6)ccn5)c4)cccc32)c1. The summed E-state index contributed by atoms with van der Waals surface area (Å²) in [6.07, 6.45) is 1.88. The fourth-order valence-corrected chi connectivity index (χ4v) is 7.86. The van der Waals surface area contributed by atoms with Crippen molar-refractivity contribution in [2.75, 3.05) is 0 Å². The van der Waals surface area contributed by atoms with Gasteiger partial charge in [-0.3, -0.25) is 9.55 Å². The molecule has 0 bridgehead atoms. The fraction of sp³-hybridized carbons (Fsp3) is 0.0943. The first-order valence-electron chi connectivity index (χ1n) is 19.9. The summed E-state index contributed by atoms with van der Waals surface area (Å²) in [7, 11) is 0. The molecule has 2 heterocycles. The minimum Gasteiger partial charge on any atom is -0.507 e. The monoisotopic (exact) mass is 738 g/mol. The number of para-hydroxylation sites is 1. The van der Waals surface area contributed by atoms with Crippen LogP contribution in [0.1, 0.15) is 37.8 Å². The Bertz CT molecular complexity index is 2950. The fourth-order valence-electron chi connectivity index (χ4n) is 7.86. The first kappa shape index (κ1) is 34.5. The maximum absolute atomic E-state index is 11.7. The van der Waals surface area contributed by atoms with E-state index in [4.69, 9.17) is 11.3 Å². The number of pyridine rings is 1. The number of hydrogen-bond donors (Lipinski definition) is 1. The Balaban J connectivity index is 1.32. The van der Waals surface area contributed by atoms with Gasteiger partial charge in [0.25, 0.3) is 0 Å². The van der Waals surface area contributed by atoms with Crippen LogP contribution in [-0.4, -0.2) is 19.6 Å². The van der Waals surface area contributed by atoms with Crippen molar-refractivity contribution in [3.8, 4) is 78.6 Å². The Morgan fingerprint density at radius 1 is 0.544 bits per heavy atom. The molecule has 4 nitrogen and oxygen atoms in total. The molecule has 0 spiro atoms. The van der Waals surface area contributed by atoms with Crippen LogP contribution in [0.3, 0.4) is 0 Å². The van der Waals surface area contributed by atoms with Crippen molar-refractivity contribution in [3.05, 3.63) is 193 Å². The molecule has 9 rings (SSSR count). The maximum Gasteiger partial charge on any atom is 0.149 e. The highest BCUT2D eigenvalue weighted by molar-refractivity contribution is 5.98. The minimum atomic E-state index is -0.872. The highest BCUT2D eigenvalue weighted by Gasteiger charge is 2.23. The summed E-state index contributed by atoms with van der Waals surface area (Å²) in [6.45, 7) is 7.81. The molecule has 0 radical (unpaired) electrons. The predicted molar refractivity (Wildman–Crippen MR) is 237 cm³/mol. The molecule has 7 aromatic carbocycles. The van der Waals surface area contributed by atoms with E-state index in [1.54, 1.807) is 0 Å². The molecule has 0 saturated carbocycles. The van der Waals surface area contributed by atoms with Gasteiger partial charge in [-0.2, -0.15) is 0 Å². The normalized spacial score (nSPS) is 11.8. The first-order valence-corrected chi connectivity index (χ1v) is 19.4. The number of imidazole rings is 1. The van der Waals surface area contributed by atoms with Crippen molar-refractivity contribution >= 4 is 11.0 Å². The number of rotatable bonds is 8. The van der Waals surface area contributed by atoms with Gasteiger partial charge in [0.05, 0.1) is 22.3 Å². The zero-order valence-corrected chi connectivity index (χ0v) is 32.5. The maximum atomic E-state index is 11.7. The molecule has 1 N–H and O–H groups in total. The lowest BCUT2D eigenvalue weighted by molar-refractivity contribution is 0.472. The van der Waals surface area contributed by atoms with Gasteiger partial charge in [-0.25, -0.2) is 4.98 Å². The summed E-state index contributed by atoms with van der Waals surface area (Å²) < 4.78 is 11.3. The highest BCUT2D eigenvalue weighted by Crippen LogP contribution is 2.42. The van der Waals surface area contributed by atoms with Gasteiger partial charge in [0, 0.05) is 24.4 Å². The van der Waals surface area contributed by atoms with Gasteiger partial charge in [0.1, 0.15) is 11.6 Å². The van der Waals surface area contributed by atoms with E-state index in [9.17, 15) is 5.11 Å². The lowest BCUT2D eigenvalue weighted by Crippen LogP contribution is -2.01. The lowest BCUT2D eigenvalue weighted by Gasteiger charge is -2.17. The summed E-state index contributed by atoms with van der Waals surface area (Å²) in [6, 6.07) is 58.7. The largest absolute Gasteiger partial charge is 0.507 e. The second-order valence-corrected chi connectivity index (χ2v) is 15.0. The number of hydrogen-bond acceptors (Lipinski definition) is 3. The number of benzene rings is 7. The average molecular weight is 739 g/mol. The van der Waals surface area contributed by atoms with Crippen molar-refractivity contribution in [3.63, 3.8) is 0 Å². The molecule has 0 fully saturated rings. The van der Waals surface area contributed by atoms with Crippen molar-refractivity contribution in [1.82, 2.24) is 14.5 Å². The van der Waals surface area contributed by atoms with E-state index >= 15 is 0 Å². The zero-order valence-electron chi connectivity index (χ0n) is 33.5. The smallest absolute Gasteiger partial charge is 0.149 e. The predicted octanol–water partition coefficient (Wildman–Crippen LogP) is 13.9. The third kappa shape index (κ3) is 6.91. The second kappa shape index (κ2) is 14.9. The highest BCUT2D eigenvalue weighted by atomic mass is 16.3. The molecule has 0 aliphatic heterocycles. The minimum absolute atomic E-state index is 0.196. The second-order valence-electron chi connectivity index (χ2n) is 15.0. The van der Waals surface area contributed by atoms with Crippen LogP contribution in [0.4, 0.5) is 0 Å². The van der Waals surface area contributed by atoms with Crippen LogP contribution in [-0.2, 0) is 0 Å². The van der Waals surface area contributed by atoms with Gasteiger partial charge in [-0.15, -0.1) is 0 Å². The van der Waals surface area contributed by atoms with Crippen LogP contribution in [0.5, 0.6) is 5.75 Å². The third-order valence-corrected chi connectivity index (χ3v) is 10.7. The molecule has 0 atom stereocenters. The Morgan fingerprint density at radius 3 is 1.82 bits per heavy atom. The quantitative estimate of drug-likeness (QED) is 0.169. The Labute approximate surface area is 335 Å². The first-order chi connectivity index (χ1) is 28.1. The molecule has 57 heavy (non-hydrogen) atoms. The molecule has 9 aromatic rings. The van der Waals surface area contributed by atoms with Crippen LogP contribution in [0, 0.1) is 13.8 Å². The van der Waals surface area contributed by atoms with Crippen LogP contribution < -0.4 is 0 Å². The summed E-state index contributed by atoms with van der Waals surface area (Å²) in [4.78, 5) is 10.4. The van der Waals surface area contributed by atoms with E-state index in [0.29, 0.717) is 11.4 Å². The van der Waals surface area contributed by atoms with E-state index in [1.807, 2.05) is 76.4 Å². The Hall–Kier alpha value is -7.04. The van der Waals surface area contributed by atoms with Gasteiger partial charge in [-0.1, -0.05) is 129 Å². The summed E-state index contributed by atoms with van der Waals surface area (Å²) >= 11 is 0. The zero-order chi connectivity index (χ0) is 40.0. The standard InChI is InChI=1S/C53H43N3O/c1-34(2)41-27-43(39-19-12-7-13-20-39)32-46(31-41)56-50-22-14-21-47(51(50)55-53(56)48-26-35(3)25-36(4)52(48)57)44-28-42(38-17-10-6-11-18-38)29-45(30-44)49-33-40(23-24-54-49)37-15-8-5-9-16-37/h5-34,57H,1-4H3/i34D. The van der Waals surface area contributed by atoms with E-state index in [1.165, 1.54) is 0 Å². The topological polar surface area (TPSA) is 50.9 Å². The summed E-state index contributed by atoms with van der Waals surface area (Å²) in [5.41, 5.74) is 16.2. The molecule has 0 aliphatic carbocycles. The van der Waals surface area contributed by atoms with Crippen LogP contribution in [0.25, 0.3) is 83.9 Å². The number of aromatic nitrogens is 3. The van der Waals surface area contributed by atoms with E-state index < -0.39 is 5.89 Å². The number of aromatic hydroxyl groups is 1. The summed E-state index contributed by atoms with van der Waals surface area (Å²) in [5, 5.41) is 11.7. The van der Waals surface area contributed by atoms with Gasteiger partial charge >= 0.3 is 0 Å². The van der Waals surface area contributed by atoms with Crippen LogP contribution in [0.2, 0.25) is 0 Å². The Morgan fingerprint density at radius 2 is 1.16 bits per heavy atom. The molecular weight excluding hydrogens is 695 g/mol. The summed E-state index contributed by atoms with van der Waals surface area (Å²) in [5.74, 6) is -0.0484. The van der Waals surface area contributed by atoms with E-state index in [2.05, 4.69) is 132 Å². The van der Waals surface area contributed by atoms with Gasteiger partial charge in [0.15, 0.2) is 0 Å². The number of aryl methyl sites for hydroxylation is 2.